The Morgan fingerprint density at radius 1 is 1.04 bits per heavy atom. The zero-order chi connectivity index (χ0) is 16.9. The highest BCUT2D eigenvalue weighted by Gasteiger charge is 2.16. The Bertz CT molecular complexity index is 654. The molecule has 0 saturated heterocycles. The summed E-state index contributed by atoms with van der Waals surface area (Å²) in [6.45, 7) is 7.73. The van der Waals surface area contributed by atoms with Gasteiger partial charge in [-0.2, -0.15) is 0 Å². The average Bonchev–Trinajstić information content (AvgIpc) is 2.47. The molecule has 0 bridgehead atoms. The molecule has 3 nitrogen and oxygen atoms in total. The van der Waals surface area contributed by atoms with Crippen molar-refractivity contribution < 1.29 is 9.53 Å². The van der Waals surface area contributed by atoms with E-state index in [-0.39, 0.29) is 0 Å². The van der Waals surface area contributed by atoms with Crippen molar-refractivity contribution in [2.24, 2.45) is 0 Å². The molecular weight excluding hydrogens is 286 g/mol. The maximum atomic E-state index is 11.8. The van der Waals surface area contributed by atoms with Crippen molar-refractivity contribution in [3.63, 3.8) is 0 Å². The van der Waals surface area contributed by atoms with Crippen LogP contribution in [0.5, 0.6) is 0 Å². The molecule has 0 atom stereocenters. The van der Waals surface area contributed by atoms with Gasteiger partial charge < -0.3 is 4.74 Å². The third-order valence-corrected chi connectivity index (χ3v) is 3.38. The lowest BCUT2D eigenvalue weighted by Crippen LogP contribution is -2.27. The zero-order valence-corrected chi connectivity index (χ0v) is 14.3. The third-order valence-electron chi connectivity index (χ3n) is 3.38. The van der Waals surface area contributed by atoms with Crippen LogP contribution in [0.25, 0.3) is 11.1 Å². The predicted octanol–water partition coefficient (Wildman–Crippen LogP) is 5.65. The number of benzene rings is 2. The second kappa shape index (κ2) is 7.32. The third kappa shape index (κ3) is 5.13. The van der Waals surface area contributed by atoms with Gasteiger partial charge in [0.1, 0.15) is 5.60 Å². The number of hydrogen-bond acceptors (Lipinski definition) is 2. The van der Waals surface area contributed by atoms with Crippen molar-refractivity contribution in [3.8, 4) is 11.1 Å². The van der Waals surface area contributed by atoms with Crippen molar-refractivity contribution in [1.29, 1.82) is 0 Å². The van der Waals surface area contributed by atoms with Crippen molar-refractivity contribution in [3.05, 3.63) is 54.1 Å². The van der Waals surface area contributed by atoms with Gasteiger partial charge in [0.25, 0.3) is 0 Å². The zero-order valence-electron chi connectivity index (χ0n) is 14.3. The van der Waals surface area contributed by atoms with E-state index in [9.17, 15) is 4.79 Å². The Kier molecular flexibility index (Phi) is 5.43. The lowest BCUT2D eigenvalue weighted by Gasteiger charge is -2.19. The Balaban J connectivity index is 2.12. The molecule has 2 rings (SSSR count). The molecule has 0 aliphatic rings. The summed E-state index contributed by atoms with van der Waals surface area (Å²) in [6.07, 6.45) is 1.75. The van der Waals surface area contributed by atoms with Gasteiger partial charge in [-0.1, -0.05) is 49.7 Å². The summed E-state index contributed by atoms with van der Waals surface area (Å²) in [5.41, 5.74) is 3.99. The van der Waals surface area contributed by atoms with Gasteiger partial charge >= 0.3 is 6.09 Å². The van der Waals surface area contributed by atoms with Gasteiger partial charge in [-0.05, 0) is 56.0 Å². The Labute approximate surface area is 138 Å². The predicted molar refractivity (Wildman–Crippen MR) is 95.7 cm³/mol. The first kappa shape index (κ1) is 17.1. The maximum Gasteiger partial charge on any atom is 0.412 e. The highest BCUT2D eigenvalue weighted by molar-refractivity contribution is 5.85. The van der Waals surface area contributed by atoms with E-state index in [0.717, 1.165) is 24.1 Å². The summed E-state index contributed by atoms with van der Waals surface area (Å²) < 4.78 is 5.26. The van der Waals surface area contributed by atoms with Crippen LogP contribution in [0, 0.1) is 0 Å². The Morgan fingerprint density at radius 3 is 2.30 bits per heavy atom. The molecule has 2 aromatic rings. The minimum Gasteiger partial charge on any atom is -0.444 e. The van der Waals surface area contributed by atoms with Gasteiger partial charge in [0, 0.05) is 5.69 Å². The van der Waals surface area contributed by atoms with Crippen LogP contribution in [0.1, 0.15) is 39.7 Å². The smallest absolute Gasteiger partial charge is 0.412 e. The van der Waals surface area contributed by atoms with E-state index in [1.54, 1.807) is 0 Å². The van der Waals surface area contributed by atoms with Gasteiger partial charge in [0.2, 0.25) is 0 Å². The summed E-state index contributed by atoms with van der Waals surface area (Å²) in [5.74, 6) is 0. The quantitative estimate of drug-likeness (QED) is 0.792. The number of aryl methyl sites for hydroxylation is 1. The molecule has 1 N–H and O–H groups in total. The standard InChI is InChI=1S/C20H25NO2/c1-5-8-15-9-6-7-10-18(15)16-11-13-17(14-12-16)21-19(22)23-20(2,3)4/h6-7,9-14H,5,8H2,1-4H3,(H,21,22). The van der Waals surface area contributed by atoms with Crippen LogP contribution in [0.15, 0.2) is 48.5 Å². The molecule has 122 valence electrons. The topological polar surface area (TPSA) is 38.3 Å². The minimum atomic E-state index is -0.497. The van der Waals surface area contributed by atoms with Crippen molar-refractivity contribution in [2.75, 3.05) is 5.32 Å². The molecule has 0 radical (unpaired) electrons. The van der Waals surface area contributed by atoms with Gasteiger partial charge in [0.15, 0.2) is 0 Å². The lowest BCUT2D eigenvalue weighted by atomic mass is 9.97. The fraction of sp³-hybridized carbons (Fsp3) is 0.350. The molecule has 0 spiro atoms. The van der Waals surface area contributed by atoms with Gasteiger partial charge in [-0.25, -0.2) is 4.79 Å². The van der Waals surface area contributed by atoms with Crippen LogP contribution in [0.2, 0.25) is 0 Å². The first-order chi connectivity index (χ1) is 10.9. The number of carbonyl (C=O) groups is 1. The SMILES string of the molecule is CCCc1ccccc1-c1ccc(NC(=O)OC(C)(C)C)cc1. The molecule has 0 aliphatic carbocycles. The van der Waals surface area contributed by atoms with E-state index < -0.39 is 11.7 Å². The van der Waals surface area contributed by atoms with E-state index in [1.807, 2.05) is 45.0 Å². The van der Waals surface area contributed by atoms with Crippen LogP contribution in [0.3, 0.4) is 0 Å². The fourth-order valence-electron chi connectivity index (χ4n) is 2.44. The van der Waals surface area contributed by atoms with E-state index in [1.165, 1.54) is 11.1 Å². The molecule has 0 aromatic heterocycles. The van der Waals surface area contributed by atoms with Crippen molar-refractivity contribution in [2.45, 2.75) is 46.1 Å². The van der Waals surface area contributed by atoms with Crippen LogP contribution in [0.4, 0.5) is 10.5 Å². The van der Waals surface area contributed by atoms with Crippen molar-refractivity contribution >= 4 is 11.8 Å². The molecule has 0 aliphatic heterocycles. The Morgan fingerprint density at radius 2 is 1.70 bits per heavy atom. The van der Waals surface area contributed by atoms with Gasteiger partial charge in [0.05, 0.1) is 0 Å². The first-order valence-electron chi connectivity index (χ1n) is 8.07. The monoisotopic (exact) mass is 311 g/mol. The summed E-state index contributed by atoms with van der Waals surface area (Å²) in [4.78, 5) is 11.8. The molecule has 0 saturated carbocycles. The van der Waals surface area contributed by atoms with E-state index in [2.05, 4.69) is 36.5 Å². The number of anilines is 1. The van der Waals surface area contributed by atoms with Crippen LogP contribution in [-0.4, -0.2) is 11.7 Å². The van der Waals surface area contributed by atoms with E-state index in [0.29, 0.717) is 0 Å². The summed E-state index contributed by atoms with van der Waals surface area (Å²) >= 11 is 0. The molecule has 0 unspecified atom stereocenters. The second-order valence-corrected chi connectivity index (χ2v) is 6.61. The normalized spacial score (nSPS) is 11.1. The highest BCUT2D eigenvalue weighted by atomic mass is 16.6. The minimum absolute atomic E-state index is 0.434. The second-order valence-electron chi connectivity index (χ2n) is 6.61. The Hall–Kier alpha value is -2.29. The number of carbonyl (C=O) groups excluding carboxylic acids is 1. The average molecular weight is 311 g/mol. The molecule has 3 heteroatoms. The molecular formula is C20H25NO2. The molecule has 2 aromatic carbocycles. The van der Waals surface area contributed by atoms with Crippen LogP contribution in [-0.2, 0) is 11.2 Å². The van der Waals surface area contributed by atoms with Crippen molar-refractivity contribution in [1.82, 2.24) is 0 Å². The van der Waals surface area contributed by atoms with E-state index >= 15 is 0 Å². The van der Waals surface area contributed by atoms with Crippen LogP contribution < -0.4 is 5.32 Å². The molecule has 0 fully saturated rings. The van der Waals surface area contributed by atoms with Gasteiger partial charge in [-0.15, -0.1) is 0 Å². The highest BCUT2D eigenvalue weighted by Crippen LogP contribution is 2.26. The molecule has 23 heavy (non-hydrogen) atoms. The van der Waals surface area contributed by atoms with Gasteiger partial charge in [-0.3, -0.25) is 5.32 Å². The molecule has 0 heterocycles. The number of nitrogens with one attached hydrogen (secondary N) is 1. The van der Waals surface area contributed by atoms with Crippen LogP contribution >= 0.6 is 0 Å². The summed E-state index contributed by atoms with van der Waals surface area (Å²) in [6, 6.07) is 16.3. The maximum absolute atomic E-state index is 11.8. The first-order valence-corrected chi connectivity index (χ1v) is 8.07. The largest absolute Gasteiger partial charge is 0.444 e. The number of amides is 1. The number of rotatable bonds is 4. The lowest BCUT2D eigenvalue weighted by molar-refractivity contribution is 0.0636. The number of hydrogen-bond donors (Lipinski definition) is 1. The number of ether oxygens (including phenoxy) is 1. The molecule has 1 amide bonds. The van der Waals surface area contributed by atoms with E-state index in [4.69, 9.17) is 4.74 Å². The summed E-state index contributed by atoms with van der Waals surface area (Å²) in [5, 5.41) is 2.76. The summed E-state index contributed by atoms with van der Waals surface area (Å²) in [7, 11) is 0. The fourth-order valence-corrected chi connectivity index (χ4v) is 2.44.